The van der Waals surface area contributed by atoms with Crippen molar-refractivity contribution in [2.45, 2.75) is 25.6 Å². The van der Waals surface area contributed by atoms with Crippen LogP contribution in [-0.4, -0.2) is 24.9 Å². The number of benzene rings is 2. The van der Waals surface area contributed by atoms with E-state index in [1.165, 1.54) is 12.1 Å². The van der Waals surface area contributed by atoms with Crippen molar-refractivity contribution in [2.24, 2.45) is 0 Å². The maximum Gasteiger partial charge on any atom is 0.411 e. The third kappa shape index (κ3) is 2.71. The summed E-state index contributed by atoms with van der Waals surface area (Å²) in [5.74, 6) is -0.291. The topological polar surface area (TPSA) is 29.5 Å². The van der Waals surface area contributed by atoms with Gasteiger partial charge in [0.15, 0.2) is 0 Å². The summed E-state index contributed by atoms with van der Waals surface area (Å²) < 4.78 is 18.9. The van der Waals surface area contributed by atoms with Crippen LogP contribution < -0.4 is 5.46 Å². The monoisotopic (exact) mass is 297 g/mol. The molecule has 0 N–H and O–H groups in total. The number of hydrogen-bond donors (Lipinski definition) is 0. The van der Waals surface area contributed by atoms with Gasteiger partial charge in [-0.15, -0.1) is 0 Å². The number of carbonyl (C=O) groups is 1. The Morgan fingerprint density at radius 3 is 2.68 bits per heavy atom. The lowest BCUT2D eigenvalue weighted by molar-refractivity contribution is 0.130. The highest BCUT2D eigenvalue weighted by atomic mass is 19.1. The van der Waals surface area contributed by atoms with Gasteiger partial charge in [-0.25, -0.2) is 9.18 Å². The first-order chi connectivity index (χ1) is 10.6. The normalized spacial score (nSPS) is 21.0. The Kier molecular flexibility index (Phi) is 3.88. The van der Waals surface area contributed by atoms with Gasteiger partial charge in [-0.3, -0.25) is 4.90 Å². The maximum atomic E-state index is 13.4. The number of carbonyl (C=O) groups excluding carboxylic acids is 1. The third-order valence-corrected chi connectivity index (χ3v) is 4.17. The molecule has 3 rings (SSSR count). The molecular weight excluding hydrogens is 280 g/mol. The second-order valence-electron chi connectivity index (χ2n) is 5.65. The number of rotatable bonds is 3. The van der Waals surface area contributed by atoms with E-state index in [9.17, 15) is 9.18 Å². The smallest absolute Gasteiger partial charge is 0.411 e. The Morgan fingerprint density at radius 1 is 1.23 bits per heavy atom. The molecule has 112 valence electrons. The summed E-state index contributed by atoms with van der Waals surface area (Å²) in [5.41, 5.74) is 2.74. The van der Waals surface area contributed by atoms with E-state index in [1.807, 2.05) is 45.1 Å². The molecule has 0 bridgehead atoms. The summed E-state index contributed by atoms with van der Waals surface area (Å²) in [6.45, 7) is 2.31. The summed E-state index contributed by atoms with van der Waals surface area (Å²) >= 11 is 0. The molecule has 1 aliphatic rings. The van der Waals surface area contributed by atoms with E-state index in [1.54, 1.807) is 11.0 Å². The zero-order chi connectivity index (χ0) is 15.7. The van der Waals surface area contributed by atoms with Crippen LogP contribution in [0.5, 0.6) is 0 Å². The number of nitrogens with zero attached hydrogens (tertiary/aromatic N) is 1. The molecule has 0 aliphatic carbocycles. The van der Waals surface area contributed by atoms with Crippen molar-refractivity contribution in [3.63, 3.8) is 0 Å². The molecule has 3 nitrogen and oxygen atoms in total. The molecule has 1 heterocycles. The van der Waals surface area contributed by atoms with E-state index in [2.05, 4.69) is 0 Å². The zero-order valence-corrected chi connectivity index (χ0v) is 12.6. The van der Waals surface area contributed by atoms with Crippen LogP contribution in [0.4, 0.5) is 9.18 Å². The van der Waals surface area contributed by atoms with Crippen LogP contribution in [0.1, 0.15) is 24.2 Å². The summed E-state index contributed by atoms with van der Waals surface area (Å²) in [7, 11) is 1.91. The van der Waals surface area contributed by atoms with Crippen LogP contribution in [0.2, 0.25) is 0 Å². The fourth-order valence-corrected chi connectivity index (χ4v) is 2.80. The molecule has 0 radical (unpaired) electrons. The Labute approximate surface area is 130 Å². The van der Waals surface area contributed by atoms with Gasteiger partial charge in [-0.1, -0.05) is 41.9 Å². The van der Waals surface area contributed by atoms with Gasteiger partial charge in [0.25, 0.3) is 0 Å². The fraction of sp³-hybridized carbons (Fsp3) is 0.235. The molecule has 0 aromatic heterocycles. The van der Waals surface area contributed by atoms with Crippen LogP contribution in [0, 0.1) is 5.82 Å². The van der Waals surface area contributed by atoms with Gasteiger partial charge in [-0.05, 0) is 30.2 Å². The quantitative estimate of drug-likeness (QED) is 0.813. The van der Waals surface area contributed by atoms with Gasteiger partial charge in [-0.2, -0.15) is 0 Å². The fourth-order valence-electron chi connectivity index (χ4n) is 2.80. The van der Waals surface area contributed by atoms with Gasteiger partial charge in [0.05, 0.1) is 6.04 Å². The lowest BCUT2D eigenvalue weighted by Crippen LogP contribution is -2.33. The summed E-state index contributed by atoms with van der Waals surface area (Å²) in [6, 6.07) is 14.2. The maximum absolute atomic E-state index is 13.4. The van der Waals surface area contributed by atoms with Crippen molar-refractivity contribution in [2.75, 3.05) is 0 Å². The van der Waals surface area contributed by atoms with E-state index >= 15 is 0 Å². The predicted octanol–water partition coefficient (Wildman–Crippen LogP) is 2.17. The first-order valence-corrected chi connectivity index (χ1v) is 7.33. The van der Waals surface area contributed by atoms with E-state index in [0.717, 1.165) is 16.6 Å². The highest BCUT2D eigenvalue weighted by Crippen LogP contribution is 2.33. The Hall–Kier alpha value is -2.30. The minimum absolute atomic E-state index is 0.0995. The van der Waals surface area contributed by atoms with Gasteiger partial charge >= 0.3 is 6.09 Å². The van der Waals surface area contributed by atoms with E-state index in [4.69, 9.17) is 4.74 Å². The molecule has 2 aromatic carbocycles. The molecule has 0 unspecified atom stereocenters. The van der Waals surface area contributed by atoms with Crippen LogP contribution in [-0.2, 0) is 11.3 Å². The van der Waals surface area contributed by atoms with Gasteiger partial charge in [0.1, 0.15) is 19.8 Å². The number of amides is 1. The van der Waals surface area contributed by atoms with Crippen molar-refractivity contribution < 1.29 is 13.9 Å². The molecule has 2 atom stereocenters. The minimum Gasteiger partial charge on any atom is -0.439 e. The first kappa shape index (κ1) is 14.6. The molecule has 0 spiro atoms. The highest BCUT2D eigenvalue weighted by Gasteiger charge is 2.39. The average molecular weight is 297 g/mol. The largest absolute Gasteiger partial charge is 0.439 e. The Morgan fingerprint density at radius 2 is 1.95 bits per heavy atom. The standard InChI is InChI=1S/C17H17BFNO2/c1-11-16(12-5-3-2-4-6-12)22-17(21)20(11)10-13-9-14(19)7-8-15(13)18/h2-9,11,16H,10,18H2,1H3/t11-,16-/m0/s1. The third-order valence-electron chi connectivity index (χ3n) is 4.17. The van der Waals surface area contributed by atoms with Crippen LogP contribution >= 0.6 is 0 Å². The molecule has 2 aromatic rings. The van der Waals surface area contributed by atoms with Crippen molar-refractivity contribution in [3.05, 3.63) is 65.5 Å². The minimum atomic E-state index is -0.356. The number of halogens is 1. The molecule has 1 amide bonds. The van der Waals surface area contributed by atoms with Gasteiger partial charge < -0.3 is 4.74 Å². The summed E-state index contributed by atoms with van der Waals surface area (Å²) in [5, 5.41) is 0. The van der Waals surface area contributed by atoms with Crippen molar-refractivity contribution in [1.29, 1.82) is 0 Å². The molecule has 0 saturated carbocycles. The average Bonchev–Trinajstić information content (AvgIpc) is 2.80. The van der Waals surface area contributed by atoms with Crippen LogP contribution in [0.25, 0.3) is 0 Å². The van der Waals surface area contributed by atoms with E-state index in [-0.39, 0.29) is 24.1 Å². The second-order valence-corrected chi connectivity index (χ2v) is 5.65. The van der Waals surface area contributed by atoms with Crippen molar-refractivity contribution in [1.82, 2.24) is 4.90 Å². The lowest BCUT2D eigenvalue weighted by atomic mass is 9.90. The molecule has 1 saturated heterocycles. The van der Waals surface area contributed by atoms with Gasteiger partial charge in [0.2, 0.25) is 0 Å². The van der Waals surface area contributed by atoms with Crippen molar-refractivity contribution in [3.8, 4) is 0 Å². The van der Waals surface area contributed by atoms with E-state index < -0.39 is 0 Å². The molecule has 1 aliphatic heterocycles. The van der Waals surface area contributed by atoms with Crippen LogP contribution in [0.3, 0.4) is 0 Å². The molecular formula is C17H17BFNO2. The predicted molar refractivity (Wildman–Crippen MR) is 85.2 cm³/mol. The lowest BCUT2D eigenvalue weighted by Gasteiger charge is -2.22. The summed E-state index contributed by atoms with van der Waals surface area (Å²) in [4.78, 5) is 13.8. The Bertz CT molecular complexity index is 692. The SMILES string of the molecule is Bc1ccc(F)cc1CN1C(=O)O[C@H](c2ccccc2)[C@@H]1C. The number of hydrogen-bond acceptors (Lipinski definition) is 2. The van der Waals surface area contributed by atoms with Crippen LogP contribution in [0.15, 0.2) is 48.5 Å². The second kappa shape index (κ2) is 5.83. The molecule has 5 heteroatoms. The first-order valence-electron chi connectivity index (χ1n) is 7.33. The number of cyclic esters (lactones) is 1. The van der Waals surface area contributed by atoms with Crippen molar-refractivity contribution >= 4 is 19.4 Å². The summed E-state index contributed by atoms with van der Waals surface area (Å²) in [6.07, 6.45) is -0.646. The highest BCUT2D eigenvalue weighted by molar-refractivity contribution is 6.33. The molecule has 22 heavy (non-hydrogen) atoms. The van der Waals surface area contributed by atoms with E-state index in [0.29, 0.717) is 6.54 Å². The molecule has 1 fully saturated rings. The Balaban J connectivity index is 1.83. The number of ether oxygens (including phenoxy) is 1. The zero-order valence-electron chi connectivity index (χ0n) is 12.6. The van der Waals surface area contributed by atoms with Gasteiger partial charge in [0, 0.05) is 6.54 Å².